The van der Waals surface area contributed by atoms with Gasteiger partial charge in [0.1, 0.15) is 17.8 Å². The van der Waals surface area contributed by atoms with E-state index in [1.165, 1.54) is 11.9 Å². The maximum absolute atomic E-state index is 12.9. The van der Waals surface area contributed by atoms with E-state index in [2.05, 4.69) is 18.0 Å². The van der Waals surface area contributed by atoms with Crippen molar-refractivity contribution in [2.75, 3.05) is 7.05 Å². The molecule has 2 aromatic carbocycles. The van der Waals surface area contributed by atoms with Gasteiger partial charge in [0.05, 0.1) is 0 Å². The Morgan fingerprint density at radius 1 is 1.15 bits per heavy atom. The molecule has 5 rings (SSSR count). The number of hydrogen-bond acceptors (Lipinski definition) is 3. The van der Waals surface area contributed by atoms with E-state index in [0.29, 0.717) is 6.42 Å². The predicted molar refractivity (Wildman–Crippen MR) is 100 cm³/mol. The average Bonchev–Trinajstić information content (AvgIpc) is 3.12. The van der Waals surface area contributed by atoms with Crippen LogP contribution in [0.3, 0.4) is 0 Å². The number of carbonyl (C=O) groups excluding carboxylic acids is 2. The minimum atomic E-state index is -0.527. The van der Waals surface area contributed by atoms with Crippen molar-refractivity contribution in [3.63, 3.8) is 0 Å². The van der Waals surface area contributed by atoms with Crippen LogP contribution >= 0.6 is 0 Å². The summed E-state index contributed by atoms with van der Waals surface area (Å²) in [5.41, 5.74) is 4.91. The van der Waals surface area contributed by atoms with Gasteiger partial charge in [0, 0.05) is 30.1 Å². The quantitative estimate of drug-likeness (QED) is 0.654. The van der Waals surface area contributed by atoms with Crippen molar-refractivity contribution in [2.45, 2.75) is 25.4 Å². The largest absolute Gasteiger partial charge is 0.508 e. The molecule has 1 fully saturated rings. The van der Waals surface area contributed by atoms with E-state index in [1.54, 1.807) is 23.1 Å². The van der Waals surface area contributed by atoms with E-state index in [-0.39, 0.29) is 17.7 Å². The second kappa shape index (κ2) is 5.36. The van der Waals surface area contributed by atoms with Crippen LogP contribution in [0.15, 0.2) is 42.5 Å². The number of imide groups is 1. The summed E-state index contributed by atoms with van der Waals surface area (Å²) in [6, 6.07) is 11.7. The molecule has 2 unspecified atom stereocenters. The number of aromatic nitrogens is 1. The standard InChI is InChI=1S/C21H19N3O3/c1-11-5-3-8-15-17(11)14-10-16-20(26)23(2)21(27)24(16)19(18(14)22-15)12-6-4-7-13(25)9-12/h3-9,16,19,22,25H,10H2,1-2H3. The van der Waals surface area contributed by atoms with Gasteiger partial charge in [-0.05, 0) is 41.8 Å². The maximum Gasteiger partial charge on any atom is 0.328 e. The third-order valence-corrected chi connectivity index (χ3v) is 5.76. The summed E-state index contributed by atoms with van der Waals surface area (Å²) in [7, 11) is 1.53. The van der Waals surface area contributed by atoms with Gasteiger partial charge < -0.3 is 10.1 Å². The van der Waals surface area contributed by atoms with Crippen molar-refractivity contribution in [2.24, 2.45) is 0 Å². The number of rotatable bonds is 1. The van der Waals surface area contributed by atoms with Gasteiger partial charge in [-0.2, -0.15) is 0 Å². The summed E-state index contributed by atoms with van der Waals surface area (Å²) in [4.78, 5) is 31.9. The molecule has 3 aromatic rings. The van der Waals surface area contributed by atoms with Crippen molar-refractivity contribution in [1.29, 1.82) is 0 Å². The second-order valence-corrected chi connectivity index (χ2v) is 7.32. The second-order valence-electron chi connectivity index (χ2n) is 7.32. The highest BCUT2D eigenvalue weighted by molar-refractivity contribution is 6.05. The number of aryl methyl sites for hydroxylation is 1. The molecule has 27 heavy (non-hydrogen) atoms. The number of benzene rings is 2. The fourth-order valence-corrected chi connectivity index (χ4v) is 4.55. The van der Waals surface area contributed by atoms with Gasteiger partial charge in [-0.25, -0.2) is 4.79 Å². The van der Waals surface area contributed by atoms with Crippen LogP contribution in [0, 0.1) is 6.92 Å². The molecule has 6 nitrogen and oxygen atoms in total. The fraction of sp³-hybridized carbons (Fsp3) is 0.238. The Labute approximate surface area is 156 Å². The average molecular weight is 361 g/mol. The predicted octanol–water partition coefficient (Wildman–Crippen LogP) is 3.09. The van der Waals surface area contributed by atoms with Crippen molar-refractivity contribution >= 4 is 22.8 Å². The lowest BCUT2D eigenvalue weighted by molar-refractivity contribution is -0.127. The van der Waals surface area contributed by atoms with Gasteiger partial charge in [-0.15, -0.1) is 0 Å². The van der Waals surface area contributed by atoms with Crippen LogP contribution in [0.1, 0.15) is 28.4 Å². The molecule has 1 saturated heterocycles. The topological polar surface area (TPSA) is 76.6 Å². The van der Waals surface area contributed by atoms with Crippen LogP contribution in [0.5, 0.6) is 5.75 Å². The molecule has 6 heteroatoms. The minimum absolute atomic E-state index is 0.134. The van der Waals surface area contributed by atoms with Gasteiger partial charge in [0.25, 0.3) is 5.91 Å². The van der Waals surface area contributed by atoms with Crippen LogP contribution in [0.4, 0.5) is 4.79 Å². The van der Waals surface area contributed by atoms with E-state index in [9.17, 15) is 14.7 Å². The summed E-state index contributed by atoms with van der Waals surface area (Å²) in [5, 5.41) is 11.1. The van der Waals surface area contributed by atoms with Gasteiger partial charge in [-0.1, -0.05) is 24.3 Å². The first-order chi connectivity index (χ1) is 13.0. The normalized spacial score (nSPS) is 21.7. The number of urea groups is 1. The van der Waals surface area contributed by atoms with E-state index in [1.807, 2.05) is 18.2 Å². The van der Waals surface area contributed by atoms with Gasteiger partial charge in [0.2, 0.25) is 0 Å². The van der Waals surface area contributed by atoms with Crippen molar-refractivity contribution in [1.82, 2.24) is 14.8 Å². The third kappa shape index (κ3) is 2.07. The van der Waals surface area contributed by atoms with Crippen molar-refractivity contribution in [3.8, 4) is 5.75 Å². The van der Waals surface area contributed by atoms with E-state index in [0.717, 1.165) is 33.3 Å². The number of H-pyrrole nitrogens is 1. The molecule has 2 N–H and O–H groups in total. The Bertz CT molecular complexity index is 1120. The van der Waals surface area contributed by atoms with Gasteiger partial charge in [-0.3, -0.25) is 14.6 Å². The number of likely N-dealkylation sites (N-methyl/N-ethyl adjacent to an activating group) is 1. The zero-order chi connectivity index (χ0) is 18.9. The molecule has 0 aliphatic carbocycles. The first kappa shape index (κ1) is 15.9. The number of fused-ring (bicyclic) bond motifs is 4. The van der Waals surface area contributed by atoms with Gasteiger partial charge >= 0.3 is 6.03 Å². The SMILES string of the molecule is Cc1cccc2[nH]c3c(c12)CC1C(=O)N(C)C(=O)N1C3c1cccc(O)c1. The minimum Gasteiger partial charge on any atom is -0.508 e. The highest BCUT2D eigenvalue weighted by Gasteiger charge is 2.51. The number of amides is 3. The highest BCUT2D eigenvalue weighted by Crippen LogP contribution is 2.44. The molecule has 2 aliphatic heterocycles. The number of aromatic amines is 1. The summed E-state index contributed by atoms with van der Waals surface area (Å²) in [5.74, 6) is -0.0477. The summed E-state index contributed by atoms with van der Waals surface area (Å²) < 4.78 is 0. The van der Waals surface area contributed by atoms with Crippen LogP contribution in [0.25, 0.3) is 10.9 Å². The van der Waals surface area contributed by atoms with Crippen molar-refractivity contribution < 1.29 is 14.7 Å². The number of carbonyl (C=O) groups is 2. The number of aromatic hydroxyl groups is 1. The van der Waals surface area contributed by atoms with Crippen LogP contribution in [0.2, 0.25) is 0 Å². The Morgan fingerprint density at radius 2 is 1.93 bits per heavy atom. The lowest BCUT2D eigenvalue weighted by Crippen LogP contribution is -2.44. The molecule has 0 bridgehead atoms. The highest BCUT2D eigenvalue weighted by atomic mass is 16.3. The zero-order valence-corrected chi connectivity index (χ0v) is 15.1. The Balaban J connectivity index is 1.81. The van der Waals surface area contributed by atoms with E-state index < -0.39 is 12.1 Å². The summed E-state index contributed by atoms with van der Waals surface area (Å²) in [6.45, 7) is 2.06. The van der Waals surface area contributed by atoms with Crippen molar-refractivity contribution in [3.05, 3.63) is 64.8 Å². The summed E-state index contributed by atoms with van der Waals surface area (Å²) in [6.07, 6.45) is 0.490. The Morgan fingerprint density at radius 3 is 2.70 bits per heavy atom. The van der Waals surface area contributed by atoms with Crippen LogP contribution in [-0.4, -0.2) is 44.9 Å². The number of phenolic OH excluding ortho intramolecular Hbond substituents is 1. The van der Waals surface area contributed by atoms with E-state index >= 15 is 0 Å². The first-order valence-corrected chi connectivity index (χ1v) is 8.96. The summed E-state index contributed by atoms with van der Waals surface area (Å²) >= 11 is 0. The third-order valence-electron chi connectivity index (χ3n) is 5.76. The van der Waals surface area contributed by atoms with Crippen LogP contribution < -0.4 is 0 Å². The Kier molecular flexibility index (Phi) is 3.16. The molecular weight excluding hydrogens is 342 g/mol. The molecule has 3 amide bonds. The number of nitrogens with one attached hydrogen (secondary N) is 1. The molecule has 136 valence electrons. The lowest BCUT2D eigenvalue weighted by atomic mass is 9.88. The molecule has 0 spiro atoms. The zero-order valence-electron chi connectivity index (χ0n) is 15.1. The molecular formula is C21H19N3O3. The smallest absolute Gasteiger partial charge is 0.328 e. The molecule has 3 heterocycles. The number of hydrogen-bond donors (Lipinski definition) is 2. The molecule has 2 atom stereocenters. The fourth-order valence-electron chi connectivity index (χ4n) is 4.55. The molecule has 0 saturated carbocycles. The molecule has 0 radical (unpaired) electrons. The van der Waals surface area contributed by atoms with Crippen LogP contribution in [-0.2, 0) is 11.2 Å². The number of nitrogens with zero attached hydrogens (tertiary/aromatic N) is 2. The molecule has 2 aliphatic rings. The van der Waals surface area contributed by atoms with E-state index in [4.69, 9.17) is 0 Å². The lowest BCUT2D eigenvalue weighted by Gasteiger charge is -2.36. The molecule has 1 aromatic heterocycles. The van der Waals surface area contributed by atoms with Gasteiger partial charge in [0.15, 0.2) is 0 Å². The maximum atomic E-state index is 12.9. The first-order valence-electron chi connectivity index (χ1n) is 8.96. The Hall–Kier alpha value is -3.28. The number of phenols is 1. The monoisotopic (exact) mass is 361 g/mol.